The monoisotopic (exact) mass is 284 g/mol. The van der Waals surface area contributed by atoms with E-state index in [9.17, 15) is 0 Å². The number of rotatable bonds is 5. The van der Waals surface area contributed by atoms with Crippen LogP contribution in [0.3, 0.4) is 0 Å². The molecule has 1 aromatic heterocycles. The van der Waals surface area contributed by atoms with Crippen molar-refractivity contribution in [3.8, 4) is 0 Å². The van der Waals surface area contributed by atoms with Gasteiger partial charge in [0.15, 0.2) is 0 Å². The normalized spacial score (nSPS) is 15.0. The Kier molecular flexibility index (Phi) is 3.58. The van der Waals surface area contributed by atoms with E-state index in [0.29, 0.717) is 0 Å². The van der Waals surface area contributed by atoms with Crippen molar-refractivity contribution in [1.82, 2.24) is 4.98 Å². The zero-order valence-corrected chi connectivity index (χ0v) is 11.7. The third-order valence-electron chi connectivity index (χ3n) is 3.71. The molecule has 14 heavy (non-hydrogen) atoms. The summed E-state index contributed by atoms with van der Waals surface area (Å²) in [5.41, 5.74) is 0. The number of hydrogen-bond acceptors (Lipinski definition) is 0. The van der Waals surface area contributed by atoms with Crippen molar-refractivity contribution in [1.29, 1.82) is 0 Å². The van der Waals surface area contributed by atoms with Gasteiger partial charge < -0.3 is 0 Å². The topological polar surface area (TPSA) is 15.8 Å². The third-order valence-corrected chi connectivity index (χ3v) is 19.8. The molecule has 1 rings (SSSR count). The number of aromatic nitrogens is 1. The van der Waals surface area contributed by atoms with Gasteiger partial charge in [0.1, 0.15) is 0 Å². The summed E-state index contributed by atoms with van der Waals surface area (Å²) in [5.74, 6) is 0. The van der Waals surface area contributed by atoms with Gasteiger partial charge in [0.2, 0.25) is 0 Å². The van der Waals surface area contributed by atoms with Crippen molar-refractivity contribution >= 4 is 4.29 Å². The molecule has 0 atom stereocenters. The molecule has 0 aromatic carbocycles. The third kappa shape index (κ3) is 1.48. The van der Waals surface area contributed by atoms with E-state index in [1.54, 1.807) is 4.29 Å². The number of aromatic amines is 1. The van der Waals surface area contributed by atoms with E-state index in [0.717, 1.165) is 0 Å². The van der Waals surface area contributed by atoms with Crippen molar-refractivity contribution in [2.45, 2.75) is 47.8 Å². The second-order valence-corrected chi connectivity index (χ2v) is 17.1. The van der Waals surface area contributed by atoms with Crippen molar-refractivity contribution in [2.75, 3.05) is 0 Å². The van der Waals surface area contributed by atoms with Crippen LogP contribution in [0.1, 0.15) is 27.7 Å². The van der Waals surface area contributed by atoms with Crippen LogP contribution >= 0.6 is 0 Å². The van der Waals surface area contributed by atoms with Crippen LogP contribution in [0.4, 0.5) is 0 Å². The van der Waals surface area contributed by atoms with Gasteiger partial charge >= 0.3 is 89.0 Å². The minimum atomic E-state index is -2.17. The SMILES string of the molecule is C[CH2][Ru]([CH2]C)([CH2]C)([CH2]C)[c]1ccc[nH]1. The first kappa shape index (κ1) is 12.0. The second kappa shape index (κ2) is 4.18. The second-order valence-electron chi connectivity index (χ2n) is 3.57. The van der Waals surface area contributed by atoms with E-state index < -0.39 is 13.6 Å². The van der Waals surface area contributed by atoms with Gasteiger partial charge in [0.05, 0.1) is 0 Å². The summed E-state index contributed by atoms with van der Waals surface area (Å²) in [6.45, 7) is 9.56. The molecule has 1 aromatic rings. The summed E-state index contributed by atoms with van der Waals surface area (Å²) < 4.78 is 1.59. The molecule has 1 N–H and O–H groups in total. The maximum atomic E-state index is 3.50. The predicted octanol–water partition coefficient (Wildman–Crippen LogP) is 4.08. The van der Waals surface area contributed by atoms with Gasteiger partial charge in [-0.15, -0.1) is 0 Å². The average molecular weight is 283 g/mol. The fourth-order valence-corrected chi connectivity index (χ4v) is 11.9. The molecule has 0 saturated carbocycles. The van der Waals surface area contributed by atoms with Crippen molar-refractivity contribution in [2.24, 2.45) is 0 Å². The van der Waals surface area contributed by atoms with E-state index in [2.05, 4.69) is 51.0 Å². The number of H-pyrrole nitrogens is 1. The molecular formula is C12H24NRu. The first-order chi connectivity index (χ1) is 6.67. The first-order valence-corrected chi connectivity index (χ1v) is 11.3. The number of nitrogens with one attached hydrogen (secondary N) is 1. The van der Waals surface area contributed by atoms with Crippen LogP contribution in [0, 0.1) is 0 Å². The molecule has 0 aliphatic carbocycles. The Morgan fingerprint density at radius 2 is 1.50 bits per heavy atom. The Bertz CT molecular complexity index is 249. The predicted molar refractivity (Wildman–Crippen MR) is 62.4 cm³/mol. The molecule has 85 valence electrons. The molecule has 0 aliphatic heterocycles. The van der Waals surface area contributed by atoms with Gasteiger partial charge in [0, 0.05) is 0 Å². The number of hydrogen-bond donors (Lipinski definition) is 1. The molecule has 0 unspecified atom stereocenters. The van der Waals surface area contributed by atoms with Gasteiger partial charge in [-0.2, -0.15) is 0 Å². The van der Waals surface area contributed by atoms with Gasteiger partial charge in [-0.05, 0) is 0 Å². The molecule has 2 heteroatoms. The molecule has 1 nitrogen and oxygen atoms in total. The summed E-state index contributed by atoms with van der Waals surface area (Å²) in [6, 6.07) is 4.48. The Hall–Kier alpha value is -0.0966. The Labute approximate surface area is 89.0 Å². The first-order valence-electron chi connectivity index (χ1n) is 5.50. The zero-order chi connectivity index (χ0) is 10.7. The van der Waals surface area contributed by atoms with E-state index in [1.807, 2.05) is 0 Å². The average Bonchev–Trinajstić information content (AvgIpc) is 2.78. The summed E-state index contributed by atoms with van der Waals surface area (Å²) >= 11 is -2.17. The fraction of sp³-hybridized carbons (Fsp3) is 0.667. The Balaban J connectivity index is 3.28. The van der Waals surface area contributed by atoms with Crippen molar-refractivity contribution in [3.63, 3.8) is 0 Å². The van der Waals surface area contributed by atoms with Crippen LogP contribution in [0.15, 0.2) is 18.3 Å². The van der Waals surface area contributed by atoms with E-state index in [-0.39, 0.29) is 0 Å². The molecule has 0 spiro atoms. The maximum absolute atomic E-state index is 3.50. The van der Waals surface area contributed by atoms with Crippen LogP contribution in [-0.2, 0) is 13.6 Å². The quantitative estimate of drug-likeness (QED) is 0.784. The molecule has 0 aliphatic rings. The zero-order valence-electron chi connectivity index (χ0n) is 9.91. The summed E-state index contributed by atoms with van der Waals surface area (Å²) in [7, 11) is 0. The van der Waals surface area contributed by atoms with Crippen LogP contribution in [0.5, 0.6) is 0 Å². The standard InChI is InChI=1S/C4H4N.4C2H5.Ru/c1-2-4-5-3-1;4*1-2;/h1-3,5H;4*1H2,2H3;. The molecule has 0 amide bonds. The Morgan fingerprint density at radius 3 is 1.79 bits per heavy atom. The van der Waals surface area contributed by atoms with Crippen LogP contribution < -0.4 is 4.29 Å². The van der Waals surface area contributed by atoms with Gasteiger partial charge in [-0.1, -0.05) is 0 Å². The minimum absolute atomic E-state index is 1.39. The van der Waals surface area contributed by atoms with E-state index in [1.165, 1.54) is 20.1 Å². The van der Waals surface area contributed by atoms with Crippen LogP contribution in [0.2, 0.25) is 20.1 Å². The Morgan fingerprint density at radius 1 is 1.00 bits per heavy atom. The van der Waals surface area contributed by atoms with Crippen LogP contribution in [0.25, 0.3) is 0 Å². The molecular weight excluding hydrogens is 259 g/mol. The fourth-order valence-electron chi connectivity index (χ4n) is 2.21. The summed E-state index contributed by atoms with van der Waals surface area (Å²) in [5, 5.41) is 5.56. The summed E-state index contributed by atoms with van der Waals surface area (Å²) in [6.07, 6.45) is 2.09. The van der Waals surface area contributed by atoms with Gasteiger partial charge in [0.25, 0.3) is 0 Å². The van der Waals surface area contributed by atoms with Gasteiger partial charge in [-0.25, -0.2) is 0 Å². The van der Waals surface area contributed by atoms with E-state index >= 15 is 0 Å². The molecule has 0 saturated heterocycles. The molecule has 0 radical (unpaired) electrons. The van der Waals surface area contributed by atoms with E-state index in [4.69, 9.17) is 0 Å². The van der Waals surface area contributed by atoms with Crippen molar-refractivity contribution < 1.29 is 13.6 Å². The molecule has 0 fully saturated rings. The van der Waals surface area contributed by atoms with Gasteiger partial charge in [-0.3, -0.25) is 0 Å². The molecule has 0 bridgehead atoms. The van der Waals surface area contributed by atoms with Crippen LogP contribution in [-0.4, -0.2) is 4.98 Å². The van der Waals surface area contributed by atoms with Crippen molar-refractivity contribution in [3.05, 3.63) is 18.3 Å². The molecule has 1 heterocycles. The summed E-state index contributed by atoms with van der Waals surface area (Å²) in [4.78, 5) is 3.50.